The molecule has 1 aromatic carbocycles. The summed E-state index contributed by atoms with van der Waals surface area (Å²) in [7, 11) is 0. The van der Waals surface area contributed by atoms with Crippen LogP contribution in [0, 0.1) is 0 Å². The van der Waals surface area contributed by atoms with E-state index >= 15 is 0 Å². The van der Waals surface area contributed by atoms with Crippen LogP contribution in [0.3, 0.4) is 0 Å². The van der Waals surface area contributed by atoms with E-state index in [-0.39, 0.29) is 6.10 Å². The molecule has 1 aromatic rings. The molecule has 0 saturated carbocycles. The van der Waals surface area contributed by atoms with Gasteiger partial charge in [-0.05, 0) is 48.6 Å². The minimum Gasteiger partial charge on any atom is -0.489 e. The van der Waals surface area contributed by atoms with Crippen LogP contribution in [0.15, 0.2) is 29.8 Å². The minimum atomic E-state index is -0.337. The van der Waals surface area contributed by atoms with E-state index in [1.165, 1.54) is 11.1 Å². The molecule has 3 heteroatoms. The third kappa shape index (κ3) is 2.57. The Hall–Kier alpha value is -0.990. The van der Waals surface area contributed by atoms with Crippen LogP contribution in [0.25, 0.3) is 0 Å². The van der Waals surface area contributed by atoms with E-state index in [9.17, 15) is 5.11 Å². The van der Waals surface area contributed by atoms with E-state index in [0.717, 1.165) is 30.6 Å². The molecule has 0 fully saturated rings. The molecule has 0 bridgehead atoms. The Bertz CT molecular complexity index is 388. The molecule has 1 N–H and O–H groups in total. The third-order valence-corrected chi connectivity index (χ3v) is 3.01. The number of rotatable bonds is 3. The number of benzene rings is 1. The zero-order valence-electron chi connectivity index (χ0n) is 9.03. The highest BCUT2D eigenvalue weighted by Crippen LogP contribution is 2.32. The van der Waals surface area contributed by atoms with Crippen LogP contribution in [0.5, 0.6) is 5.75 Å². The predicted molar refractivity (Wildman–Crippen MR) is 64.8 cm³/mol. The molecule has 0 heterocycles. The molecule has 1 aliphatic rings. The zero-order chi connectivity index (χ0) is 11.4. The van der Waals surface area contributed by atoms with E-state index in [4.69, 9.17) is 16.3 Å². The van der Waals surface area contributed by atoms with Crippen molar-refractivity contribution in [3.63, 3.8) is 0 Å². The third-order valence-electron chi connectivity index (χ3n) is 2.84. The van der Waals surface area contributed by atoms with Gasteiger partial charge in [-0.2, -0.15) is 0 Å². The number of halogens is 1. The lowest BCUT2D eigenvalue weighted by molar-refractivity contribution is 0.156. The van der Waals surface area contributed by atoms with Crippen LogP contribution in [0.1, 0.15) is 30.1 Å². The smallest absolute Gasteiger partial charge is 0.120 e. The maximum Gasteiger partial charge on any atom is 0.120 e. The molecule has 0 spiro atoms. The number of aliphatic hydroxyl groups is 1. The minimum absolute atomic E-state index is 0.337. The standard InChI is InChI=1S/C13H15ClO2/c14-7-2-8-16-11-6-5-10-3-1-4-13(15)12(10)9-11/h2,5-7,9,13,15H,1,3-4,8H2/b7-2+/t13-/m1/s1. The largest absolute Gasteiger partial charge is 0.489 e. The summed E-state index contributed by atoms with van der Waals surface area (Å²) in [5.74, 6) is 0.787. The van der Waals surface area contributed by atoms with Crippen LogP contribution < -0.4 is 4.74 Å². The topological polar surface area (TPSA) is 29.5 Å². The molecule has 86 valence electrons. The first kappa shape index (κ1) is 11.5. The van der Waals surface area contributed by atoms with E-state index < -0.39 is 0 Å². The summed E-state index contributed by atoms with van der Waals surface area (Å²) >= 11 is 5.41. The van der Waals surface area contributed by atoms with Crippen LogP contribution in [-0.2, 0) is 6.42 Å². The summed E-state index contributed by atoms with van der Waals surface area (Å²) in [4.78, 5) is 0. The van der Waals surface area contributed by atoms with Gasteiger partial charge in [-0.3, -0.25) is 0 Å². The molecule has 0 aliphatic heterocycles. The molecule has 0 saturated heterocycles. The van der Waals surface area contributed by atoms with Crippen molar-refractivity contribution in [1.82, 2.24) is 0 Å². The highest BCUT2D eigenvalue weighted by Gasteiger charge is 2.18. The first-order valence-corrected chi connectivity index (χ1v) is 5.94. The molecule has 2 rings (SSSR count). The van der Waals surface area contributed by atoms with Crippen molar-refractivity contribution >= 4 is 11.6 Å². The van der Waals surface area contributed by atoms with Gasteiger partial charge in [0.25, 0.3) is 0 Å². The molecule has 2 nitrogen and oxygen atoms in total. The zero-order valence-corrected chi connectivity index (χ0v) is 9.78. The molecule has 1 atom stereocenters. The Morgan fingerprint density at radius 1 is 1.50 bits per heavy atom. The number of fused-ring (bicyclic) bond motifs is 1. The van der Waals surface area contributed by atoms with E-state index in [0.29, 0.717) is 6.61 Å². The Kier molecular flexibility index (Phi) is 3.86. The number of hydrogen-bond acceptors (Lipinski definition) is 2. The summed E-state index contributed by atoms with van der Waals surface area (Å²) in [6.45, 7) is 0.457. The van der Waals surface area contributed by atoms with Gasteiger partial charge in [0, 0.05) is 5.54 Å². The molecule has 0 radical (unpaired) electrons. The molecule has 16 heavy (non-hydrogen) atoms. The lowest BCUT2D eigenvalue weighted by Crippen LogP contribution is -2.09. The molecule has 0 unspecified atom stereocenters. The lowest BCUT2D eigenvalue weighted by Gasteiger charge is -2.21. The average molecular weight is 239 g/mol. The summed E-state index contributed by atoms with van der Waals surface area (Å²) in [6.07, 6.45) is 4.35. The van der Waals surface area contributed by atoms with Crippen LogP contribution in [0.4, 0.5) is 0 Å². The SMILES string of the molecule is O[C@@H]1CCCc2ccc(OC/C=C/Cl)cc21. The Morgan fingerprint density at radius 3 is 3.19 bits per heavy atom. The summed E-state index contributed by atoms with van der Waals surface area (Å²) in [5, 5.41) is 9.87. The first-order valence-electron chi connectivity index (χ1n) is 5.50. The fourth-order valence-electron chi connectivity index (χ4n) is 2.02. The van der Waals surface area contributed by atoms with Gasteiger partial charge < -0.3 is 9.84 Å². The molecule has 0 amide bonds. The number of ether oxygens (including phenoxy) is 1. The summed E-state index contributed by atoms with van der Waals surface area (Å²) in [6, 6.07) is 5.91. The highest BCUT2D eigenvalue weighted by molar-refractivity contribution is 6.25. The van der Waals surface area contributed by atoms with Gasteiger partial charge in [-0.25, -0.2) is 0 Å². The molecular formula is C13H15ClO2. The Labute approximate surface area is 101 Å². The number of aliphatic hydroxyl groups excluding tert-OH is 1. The van der Waals surface area contributed by atoms with Gasteiger partial charge in [0.15, 0.2) is 0 Å². The van der Waals surface area contributed by atoms with Gasteiger partial charge in [0.05, 0.1) is 6.10 Å². The normalized spacial score (nSPS) is 19.8. The van der Waals surface area contributed by atoms with E-state index in [2.05, 4.69) is 0 Å². The molecular weight excluding hydrogens is 224 g/mol. The maximum atomic E-state index is 9.87. The number of aryl methyl sites for hydroxylation is 1. The second-order valence-corrected chi connectivity index (χ2v) is 4.19. The van der Waals surface area contributed by atoms with E-state index in [1.807, 2.05) is 18.2 Å². The van der Waals surface area contributed by atoms with Gasteiger partial charge in [0.2, 0.25) is 0 Å². The second kappa shape index (κ2) is 5.37. The van der Waals surface area contributed by atoms with Crippen molar-refractivity contribution in [3.8, 4) is 5.75 Å². The fourth-order valence-corrected chi connectivity index (χ4v) is 2.10. The maximum absolute atomic E-state index is 9.87. The summed E-state index contributed by atoms with van der Waals surface area (Å²) in [5.41, 5.74) is 3.69. The number of hydrogen-bond donors (Lipinski definition) is 1. The van der Waals surface area contributed by atoms with Crippen LogP contribution in [0.2, 0.25) is 0 Å². The average Bonchev–Trinajstić information content (AvgIpc) is 2.30. The molecule has 1 aliphatic carbocycles. The van der Waals surface area contributed by atoms with Gasteiger partial charge in [-0.15, -0.1) is 0 Å². The van der Waals surface area contributed by atoms with Crippen molar-refractivity contribution in [1.29, 1.82) is 0 Å². The quantitative estimate of drug-likeness (QED) is 0.877. The van der Waals surface area contributed by atoms with Crippen LogP contribution >= 0.6 is 11.6 Å². The van der Waals surface area contributed by atoms with Crippen molar-refractivity contribution in [3.05, 3.63) is 40.9 Å². The van der Waals surface area contributed by atoms with Crippen molar-refractivity contribution < 1.29 is 9.84 Å². The summed E-state index contributed by atoms with van der Waals surface area (Å²) < 4.78 is 5.48. The fraction of sp³-hybridized carbons (Fsp3) is 0.385. The molecule has 0 aromatic heterocycles. The monoisotopic (exact) mass is 238 g/mol. The van der Waals surface area contributed by atoms with Crippen molar-refractivity contribution in [2.24, 2.45) is 0 Å². The lowest BCUT2D eigenvalue weighted by atomic mass is 9.89. The van der Waals surface area contributed by atoms with Crippen molar-refractivity contribution in [2.45, 2.75) is 25.4 Å². The highest BCUT2D eigenvalue weighted by atomic mass is 35.5. The van der Waals surface area contributed by atoms with Crippen molar-refractivity contribution in [2.75, 3.05) is 6.61 Å². The van der Waals surface area contributed by atoms with Gasteiger partial charge in [-0.1, -0.05) is 17.7 Å². The van der Waals surface area contributed by atoms with E-state index in [1.54, 1.807) is 6.08 Å². The Morgan fingerprint density at radius 2 is 2.38 bits per heavy atom. The van der Waals surface area contributed by atoms with Crippen LogP contribution in [-0.4, -0.2) is 11.7 Å². The predicted octanol–water partition coefficient (Wildman–Crippen LogP) is 3.19. The van der Waals surface area contributed by atoms with Gasteiger partial charge in [0.1, 0.15) is 12.4 Å². The second-order valence-electron chi connectivity index (χ2n) is 3.94. The Balaban J connectivity index is 2.14. The first-order chi connectivity index (χ1) is 7.81. The van der Waals surface area contributed by atoms with Gasteiger partial charge >= 0.3 is 0 Å².